The van der Waals surface area contributed by atoms with Gasteiger partial charge >= 0.3 is 0 Å². The van der Waals surface area contributed by atoms with E-state index in [2.05, 4.69) is 0 Å². The SMILES string of the molecule is N#CC1CN(S(=O)(=O)CCCCl)CCO1. The third-order valence-electron chi connectivity index (χ3n) is 2.10. The first-order chi connectivity index (χ1) is 7.10. The van der Waals surface area contributed by atoms with Crippen LogP contribution in [0.1, 0.15) is 6.42 Å². The highest BCUT2D eigenvalue weighted by molar-refractivity contribution is 7.89. The van der Waals surface area contributed by atoms with E-state index >= 15 is 0 Å². The van der Waals surface area contributed by atoms with Crippen molar-refractivity contribution in [2.75, 3.05) is 31.3 Å². The summed E-state index contributed by atoms with van der Waals surface area (Å²) >= 11 is 5.44. The number of halogens is 1. The molecule has 1 atom stereocenters. The number of alkyl halides is 1. The normalized spacial score (nSPS) is 23.6. The maximum atomic E-state index is 11.7. The standard InChI is InChI=1S/C8H13ClN2O3S/c9-2-1-5-15(12,13)11-3-4-14-8(6-10)7-11/h8H,1-5,7H2. The van der Waals surface area contributed by atoms with Crippen molar-refractivity contribution in [2.24, 2.45) is 0 Å². The topological polar surface area (TPSA) is 70.4 Å². The van der Waals surface area contributed by atoms with Crippen molar-refractivity contribution in [3.8, 4) is 6.07 Å². The van der Waals surface area contributed by atoms with E-state index in [1.165, 1.54) is 4.31 Å². The zero-order valence-corrected chi connectivity index (χ0v) is 9.80. The van der Waals surface area contributed by atoms with Crippen molar-refractivity contribution < 1.29 is 13.2 Å². The van der Waals surface area contributed by atoms with E-state index in [1.54, 1.807) is 0 Å². The van der Waals surface area contributed by atoms with Crippen LogP contribution < -0.4 is 0 Å². The monoisotopic (exact) mass is 252 g/mol. The molecule has 0 radical (unpaired) electrons. The van der Waals surface area contributed by atoms with Gasteiger partial charge in [-0.15, -0.1) is 11.6 Å². The molecule has 7 heteroatoms. The van der Waals surface area contributed by atoms with Crippen LogP contribution in [-0.4, -0.2) is 50.2 Å². The summed E-state index contributed by atoms with van der Waals surface area (Å²) in [7, 11) is -3.27. The molecule has 0 aromatic heterocycles. The minimum absolute atomic E-state index is 0.0364. The second-order valence-electron chi connectivity index (χ2n) is 3.21. The fourth-order valence-corrected chi connectivity index (χ4v) is 3.10. The Bertz CT molecular complexity index is 338. The lowest BCUT2D eigenvalue weighted by molar-refractivity contribution is 0.0311. The maximum absolute atomic E-state index is 11.7. The second-order valence-corrected chi connectivity index (χ2v) is 5.67. The lowest BCUT2D eigenvalue weighted by atomic mass is 10.3. The van der Waals surface area contributed by atoms with Crippen molar-refractivity contribution in [2.45, 2.75) is 12.5 Å². The van der Waals surface area contributed by atoms with Crippen LogP contribution in [0.5, 0.6) is 0 Å². The number of hydrogen-bond donors (Lipinski definition) is 0. The average Bonchev–Trinajstić information content (AvgIpc) is 2.26. The van der Waals surface area contributed by atoms with Gasteiger partial charge in [-0.2, -0.15) is 9.57 Å². The minimum Gasteiger partial charge on any atom is -0.361 e. The number of nitrogens with zero attached hydrogens (tertiary/aromatic N) is 2. The molecule has 0 aliphatic carbocycles. The van der Waals surface area contributed by atoms with Gasteiger partial charge in [0.25, 0.3) is 0 Å². The summed E-state index contributed by atoms with van der Waals surface area (Å²) in [5.74, 6) is 0.361. The molecule has 0 amide bonds. The van der Waals surface area contributed by atoms with E-state index in [1.807, 2.05) is 6.07 Å². The summed E-state index contributed by atoms with van der Waals surface area (Å²) < 4.78 is 29.8. The molecule has 1 saturated heterocycles. The van der Waals surface area contributed by atoms with Crippen molar-refractivity contribution in [3.05, 3.63) is 0 Å². The number of rotatable bonds is 4. The van der Waals surface area contributed by atoms with E-state index < -0.39 is 16.1 Å². The zero-order valence-electron chi connectivity index (χ0n) is 8.23. The first kappa shape index (κ1) is 12.7. The molecule has 0 saturated carbocycles. The molecule has 1 unspecified atom stereocenters. The van der Waals surface area contributed by atoms with Crippen LogP contribution in [0, 0.1) is 11.3 Å². The van der Waals surface area contributed by atoms with Gasteiger partial charge < -0.3 is 4.74 Å². The Hall–Kier alpha value is -0.350. The predicted octanol–water partition coefficient (Wildman–Crippen LogP) is 0.169. The molecular weight excluding hydrogens is 240 g/mol. The van der Waals surface area contributed by atoms with Crippen molar-refractivity contribution in [1.29, 1.82) is 5.26 Å². The highest BCUT2D eigenvalue weighted by Crippen LogP contribution is 2.11. The van der Waals surface area contributed by atoms with Crippen LogP contribution >= 0.6 is 11.6 Å². The molecule has 1 aliphatic heterocycles. The third kappa shape index (κ3) is 3.61. The van der Waals surface area contributed by atoms with Crippen LogP contribution in [0.3, 0.4) is 0 Å². The molecule has 0 aromatic carbocycles. The van der Waals surface area contributed by atoms with Crippen molar-refractivity contribution in [1.82, 2.24) is 4.31 Å². The van der Waals surface area contributed by atoms with Gasteiger partial charge in [-0.05, 0) is 6.42 Å². The quantitative estimate of drug-likeness (QED) is 0.669. The van der Waals surface area contributed by atoms with Gasteiger partial charge in [-0.1, -0.05) is 0 Å². The smallest absolute Gasteiger partial charge is 0.214 e. The lowest BCUT2D eigenvalue weighted by Gasteiger charge is -2.28. The summed E-state index contributed by atoms with van der Waals surface area (Å²) in [5, 5.41) is 8.63. The van der Waals surface area contributed by atoms with Crippen LogP contribution in [0.4, 0.5) is 0 Å². The van der Waals surface area contributed by atoms with Gasteiger partial charge in [0.15, 0.2) is 6.10 Å². The molecule has 15 heavy (non-hydrogen) atoms. The summed E-state index contributed by atoms with van der Waals surface area (Å²) in [6, 6.07) is 1.91. The Morgan fingerprint density at radius 3 is 2.93 bits per heavy atom. The van der Waals surface area contributed by atoms with Gasteiger partial charge in [0.2, 0.25) is 10.0 Å². The number of hydrogen-bond acceptors (Lipinski definition) is 4. The molecule has 5 nitrogen and oxygen atoms in total. The summed E-state index contributed by atoms with van der Waals surface area (Å²) in [6.07, 6.45) is -0.220. The molecule has 0 bridgehead atoms. The molecule has 0 N–H and O–H groups in total. The largest absolute Gasteiger partial charge is 0.361 e. The average molecular weight is 253 g/mol. The maximum Gasteiger partial charge on any atom is 0.214 e. The molecule has 1 rings (SSSR count). The Balaban J connectivity index is 2.59. The first-order valence-electron chi connectivity index (χ1n) is 4.65. The van der Waals surface area contributed by atoms with E-state index in [4.69, 9.17) is 21.6 Å². The van der Waals surface area contributed by atoms with Gasteiger partial charge in [0.05, 0.1) is 25.0 Å². The molecule has 1 fully saturated rings. The van der Waals surface area contributed by atoms with Gasteiger partial charge in [0.1, 0.15) is 0 Å². The fraction of sp³-hybridized carbons (Fsp3) is 0.875. The Morgan fingerprint density at radius 1 is 1.60 bits per heavy atom. The molecule has 0 spiro atoms. The fourth-order valence-electron chi connectivity index (χ4n) is 1.32. The van der Waals surface area contributed by atoms with Crippen LogP contribution in [0.15, 0.2) is 0 Å². The van der Waals surface area contributed by atoms with E-state index in [-0.39, 0.29) is 18.9 Å². The van der Waals surface area contributed by atoms with Gasteiger partial charge in [-0.25, -0.2) is 8.42 Å². The Kier molecular flexibility index (Phi) is 4.80. The van der Waals surface area contributed by atoms with Crippen molar-refractivity contribution in [3.63, 3.8) is 0 Å². The molecule has 1 heterocycles. The van der Waals surface area contributed by atoms with Gasteiger partial charge in [0, 0.05) is 12.4 Å². The second kappa shape index (κ2) is 5.66. The number of morpholine rings is 1. The first-order valence-corrected chi connectivity index (χ1v) is 6.79. The van der Waals surface area contributed by atoms with Gasteiger partial charge in [-0.3, -0.25) is 0 Å². The van der Waals surface area contributed by atoms with Crippen molar-refractivity contribution >= 4 is 21.6 Å². The molecule has 0 aromatic rings. The van der Waals surface area contributed by atoms with Crippen LogP contribution in [0.2, 0.25) is 0 Å². The molecule has 1 aliphatic rings. The minimum atomic E-state index is -3.27. The zero-order chi connectivity index (χ0) is 11.3. The third-order valence-corrected chi connectivity index (χ3v) is 4.29. The lowest BCUT2D eigenvalue weighted by Crippen LogP contribution is -2.45. The summed E-state index contributed by atoms with van der Waals surface area (Å²) in [4.78, 5) is 0. The predicted molar refractivity (Wildman–Crippen MR) is 56.0 cm³/mol. The highest BCUT2D eigenvalue weighted by Gasteiger charge is 2.28. The molecular formula is C8H13ClN2O3S. The number of sulfonamides is 1. The van der Waals surface area contributed by atoms with E-state index in [9.17, 15) is 8.42 Å². The van der Waals surface area contributed by atoms with Crippen LogP contribution in [-0.2, 0) is 14.8 Å². The van der Waals surface area contributed by atoms with Crippen LogP contribution in [0.25, 0.3) is 0 Å². The van der Waals surface area contributed by atoms with E-state index in [0.29, 0.717) is 18.8 Å². The number of ether oxygens (including phenoxy) is 1. The highest BCUT2D eigenvalue weighted by atomic mass is 35.5. The van der Waals surface area contributed by atoms with E-state index in [0.717, 1.165) is 0 Å². The summed E-state index contributed by atoms with van der Waals surface area (Å²) in [6.45, 7) is 0.724. The Labute approximate surface area is 94.6 Å². The molecule has 86 valence electrons. The summed E-state index contributed by atoms with van der Waals surface area (Å²) in [5.41, 5.74) is 0. The number of nitriles is 1. The Morgan fingerprint density at radius 2 is 2.33 bits per heavy atom.